The molecule has 0 atom stereocenters. The van der Waals surface area contributed by atoms with Crippen molar-refractivity contribution in [3.05, 3.63) is 90.2 Å². The number of hydrogen-bond acceptors (Lipinski definition) is 2. The topological polar surface area (TPSA) is 26.3 Å². The summed E-state index contributed by atoms with van der Waals surface area (Å²) in [5.74, 6) is -0.871. The third-order valence-corrected chi connectivity index (χ3v) is 6.33. The van der Waals surface area contributed by atoms with E-state index < -0.39 is 22.7 Å². The monoisotopic (exact) mass is 381 g/mol. The SMILES string of the molecule is CCCCOC(=O)c1ccc([S+](c2ccccc2)c2ccccc2)c(F)c1. The summed E-state index contributed by atoms with van der Waals surface area (Å²) in [6, 6.07) is 24.4. The molecule has 27 heavy (non-hydrogen) atoms. The van der Waals surface area contributed by atoms with Crippen molar-refractivity contribution < 1.29 is 13.9 Å². The molecule has 0 amide bonds. The van der Waals surface area contributed by atoms with Crippen LogP contribution in [0.15, 0.2) is 93.5 Å². The Morgan fingerprint density at radius 3 is 2.04 bits per heavy atom. The summed E-state index contributed by atoms with van der Waals surface area (Å²) in [6.45, 7) is 2.38. The molecule has 0 aliphatic heterocycles. The molecule has 3 aromatic rings. The lowest BCUT2D eigenvalue weighted by atomic mass is 10.2. The minimum absolute atomic E-state index is 0.247. The summed E-state index contributed by atoms with van der Waals surface area (Å²) >= 11 is 0. The molecule has 0 aliphatic rings. The zero-order valence-corrected chi connectivity index (χ0v) is 16.0. The normalized spacial score (nSPS) is 10.8. The second-order valence-electron chi connectivity index (χ2n) is 6.07. The highest BCUT2D eigenvalue weighted by Gasteiger charge is 2.32. The Balaban J connectivity index is 1.95. The molecule has 0 fully saturated rings. The van der Waals surface area contributed by atoms with E-state index in [4.69, 9.17) is 4.74 Å². The highest BCUT2D eigenvalue weighted by atomic mass is 32.2. The first kappa shape index (κ1) is 19.2. The number of halogens is 1. The van der Waals surface area contributed by atoms with Crippen LogP contribution in [0, 0.1) is 5.82 Å². The van der Waals surface area contributed by atoms with Crippen molar-refractivity contribution in [2.24, 2.45) is 0 Å². The first-order chi connectivity index (χ1) is 13.2. The molecule has 3 rings (SSSR count). The first-order valence-corrected chi connectivity index (χ1v) is 10.2. The Hall–Kier alpha value is -2.59. The number of unbranched alkanes of at least 4 members (excludes halogenated alkanes) is 1. The van der Waals surface area contributed by atoms with Crippen molar-refractivity contribution in [2.45, 2.75) is 34.5 Å². The number of hydrogen-bond donors (Lipinski definition) is 0. The van der Waals surface area contributed by atoms with E-state index >= 15 is 4.39 Å². The number of esters is 1. The molecule has 138 valence electrons. The molecule has 0 saturated carbocycles. The third-order valence-electron chi connectivity index (χ3n) is 4.08. The molecule has 0 aromatic heterocycles. The third kappa shape index (κ3) is 4.77. The molecule has 0 unspecified atom stereocenters. The summed E-state index contributed by atoms with van der Waals surface area (Å²) in [5, 5.41) is 0. The van der Waals surface area contributed by atoms with Crippen LogP contribution in [-0.2, 0) is 15.6 Å². The number of ether oxygens (including phenoxy) is 1. The van der Waals surface area contributed by atoms with Crippen LogP contribution in [0.4, 0.5) is 4.39 Å². The van der Waals surface area contributed by atoms with Crippen LogP contribution in [0.1, 0.15) is 30.1 Å². The highest BCUT2D eigenvalue weighted by molar-refractivity contribution is 7.97. The standard InChI is InChI=1S/C23H22FO2S/c1-2-3-16-26-23(25)18-14-15-22(21(24)17-18)27(19-10-6-4-7-11-19)20-12-8-5-9-13-20/h4-15,17H,2-3,16H2,1H3/q+1. The number of carbonyl (C=O) groups excluding carboxylic acids is 1. The van der Waals surface area contributed by atoms with Crippen molar-refractivity contribution in [1.29, 1.82) is 0 Å². The van der Waals surface area contributed by atoms with Gasteiger partial charge < -0.3 is 4.74 Å². The quantitative estimate of drug-likeness (QED) is 0.290. The van der Waals surface area contributed by atoms with Crippen LogP contribution in [0.25, 0.3) is 0 Å². The minimum atomic E-state index is -0.582. The van der Waals surface area contributed by atoms with E-state index in [0.717, 1.165) is 22.6 Å². The van der Waals surface area contributed by atoms with Gasteiger partial charge in [0.25, 0.3) is 0 Å². The molecule has 0 N–H and O–H groups in total. The molecule has 4 heteroatoms. The maximum Gasteiger partial charge on any atom is 0.338 e. The molecule has 2 nitrogen and oxygen atoms in total. The molecule has 0 bridgehead atoms. The Kier molecular flexibility index (Phi) is 6.66. The molecule has 0 radical (unpaired) electrons. The summed E-state index contributed by atoms with van der Waals surface area (Å²) in [7, 11) is -0.582. The van der Waals surface area contributed by atoms with Crippen LogP contribution in [-0.4, -0.2) is 12.6 Å². The van der Waals surface area contributed by atoms with Crippen LogP contribution < -0.4 is 0 Å². The van der Waals surface area contributed by atoms with Gasteiger partial charge in [0, 0.05) is 0 Å². The van der Waals surface area contributed by atoms with Crippen LogP contribution in [0.5, 0.6) is 0 Å². The lowest BCUT2D eigenvalue weighted by Crippen LogP contribution is -2.10. The molecular formula is C23H22FO2S+. The van der Waals surface area contributed by atoms with E-state index in [1.54, 1.807) is 12.1 Å². The van der Waals surface area contributed by atoms with Gasteiger partial charge in [0.2, 0.25) is 4.90 Å². The van der Waals surface area contributed by atoms with Gasteiger partial charge in [-0.2, -0.15) is 0 Å². The van der Waals surface area contributed by atoms with Crippen molar-refractivity contribution in [3.8, 4) is 0 Å². The van der Waals surface area contributed by atoms with Gasteiger partial charge in [-0.05, 0) is 48.9 Å². The van der Waals surface area contributed by atoms with Crippen LogP contribution in [0.2, 0.25) is 0 Å². The van der Waals surface area contributed by atoms with Crippen molar-refractivity contribution in [2.75, 3.05) is 6.61 Å². The summed E-state index contributed by atoms with van der Waals surface area (Å²) in [6.07, 6.45) is 1.75. The van der Waals surface area contributed by atoms with E-state index in [9.17, 15) is 4.79 Å². The van der Waals surface area contributed by atoms with Crippen molar-refractivity contribution >= 4 is 16.9 Å². The van der Waals surface area contributed by atoms with Crippen molar-refractivity contribution in [3.63, 3.8) is 0 Å². The van der Waals surface area contributed by atoms with Crippen LogP contribution in [0.3, 0.4) is 0 Å². The molecular weight excluding hydrogens is 359 g/mol. The second-order valence-corrected chi connectivity index (χ2v) is 8.06. The zero-order chi connectivity index (χ0) is 19.1. The van der Waals surface area contributed by atoms with Gasteiger partial charge in [-0.1, -0.05) is 49.7 Å². The van der Waals surface area contributed by atoms with Gasteiger partial charge in [0.15, 0.2) is 15.6 Å². The smallest absolute Gasteiger partial charge is 0.338 e. The average Bonchev–Trinajstić information content (AvgIpc) is 2.71. The van der Waals surface area contributed by atoms with E-state index in [-0.39, 0.29) is 5.56 Å². The van der Waals surface area contributed by atoms with Gasteiger partial charge in [0.1, 0.15) is 10.9 Å². The summed E-state index contributed by atoms with van der Waals surface area (Å²) in [4.78, 5) is 14.7. The lowest BCUT2D eigenvalue weighted by molar-refractivity contribution is 0.0499. The fourth-order valence-corrected chi connectivity index (χ4v) is 4.79. The largest absolute Gasteiger partial charge is 0.462 e. The van der Waals surface area contributed by atoms with E-state index in [2.05, 4.69) is 0 Å². The summed E-state index contributed by atoms with van der Waals surface area (Å²) in [5.41, 5.74) is 0.247. The van der Waals surface area contributed by atoms with Gasteiger partial charge in [-0.15, -0.1) is 0 Å². The molecule has 3 aromatic carbocycles. The summed E-state index contributed by atoms with van der Waals surface area (Å²) < 4.78 is 20.2. The first-order valence-electron chi connectivity index (χ1n) is 9.01. The van der Waals surface area contributed by atoms with E-state index in [1.165, 1.54) is 6.07 Å². The van der Waals surface area contributed by atoms with E-state index in [1.807, 2.05) is 67.6 Å². The van der Waals surface area contributed by atoms with Gasteiger partial charge in [0.05, 0.1) is 12.2 Å². The van der Waals surface area contributed by atoms with Gasteiger partial charge in [-0.25, -0.2) is 9.18 Å². The van der Waals surface area contributed by atoms with Gasteiger partial charge >= 0.3 is 5.97 Å². The van der Waals surface area contributed by atoms with Gasteiger partial charge in [-0.3, -0.25) is 0 Å². The number of rotatable bonds is 7. The average molecular weight is 381 g/mol. The maximum atomic E-state index is 15.0. The minimum Gasteiger partial charge on any atom is -0.462 e. The fraction of sp³-hybridized carbons (Fsp3) is 0.174. The Morgan fingerprint density at radius 2 is 1.52 bits per heavy atom. The molecule has 0 heterocycles. The van der Waals surface area contributed by atoms with Crippen LogP contribution >= 0.6 is 0 Å². The Bertz CT molecular complexity index is 842. The zero-order valence-electron chi connectivity index (χ0n) is 15.2. The predicted octanol–water partition coefficient (Wildman–Crippen LogP) is 5.88. The number of benzene rings is 3. The highest BCUT2D eigenvalue weighted by Crippen LogP contribution is 2.33. The second kappa shape index (κ2) is 9.38. The lowest BCUT2D eigenvalue weighted by Gasteiger charge is -2.10. The predicted molar refractivity (Wildman–Crippen MR) is 107 cm³/mol. The number of carbonyl (C=O) groups is 1. The Labute approximate surface area is 162 Å². The molecule has 0 aliphatic carbocycles. The maximum absolute atomic E-state index is 15.0. The van der Waals surface area contributed by atoms with E-state index in [0.29, 0.717) is 11.5 Å². The fourth-order valence-electron chi connectivity index (χ4n) is 2.69. The Morgan fingerprint density at radius 1 is 0.926 bits per heavy atom. The molecule has 0 spiro atoms. The van der Waals surface area contributed by atoms with Crippen molar-refractivity contribution in [1.82, 2.24) is 0 Å². The molecule has 0 saturated heterocycles.